The molecule has 102 valence electrons. The minimum absolute atomic E-state index is 0.231. The monoisotopic (exact) mass is 260 g/mol. The highest BCUT2D eigenvalue weighted by molar-refractivity contribution is 5.80. The average molecular weight is 260 g/mol. The number of aromatic hydroxyl groups is 1. The third-order valence-corrected chi connectivity index (χ3v) is 4.09. The molecule has 1 fully saturated rings. The Labute approximate surface area is 113 Å². The second-order valence-electron chi connectivity index (χ2n) is 5.50. The highest BCUT2D eigenvalue weighted by Gasteiger charge is 2.36. The van der Waals surface area contributed by atoms with Crippen molar-refractivity contribution in [3.05, 3.63) is 29.8 Å². The van der Waals surface area contributed by atoms with E-state index in [0.717, 1.165) is 37.3 Å². The summed E-state index contributed by atoms with van der Waals surface area (Å²) < 4.78 is 5.96. The second-order valence-corrected chi connectivity index (χ2v) is 5.50. The molecule has 1 saturated carbocycles. The summed E-state index contributed by atoms with van der Waals surface area (Å²) >= 11 is 0. The number of phenols is 1. The minimum Gasteiger partial charge on any atom is -0.508 e. The molecule has 0 saturated heterocycles. The predicted octanol–water partition coefficient (Wildman–Crippen LogP) is 1.86. The van der Waals surface area contributed by atoms with Crippen molar-refractivity contribution in [2.45, 2.75) is 37.8 Å². The molecule has 1 aromatic carbocycles. The fourth-order valence-electron chi connectivity index (χ4n) is 2.95. The fraction of sp³-hybridized carbons (Fsp3) is 0.533. The van der Waals surface area contributed by atoms with Crippen LogP contribution in [0, 0.1) is 5.92 Å². The van der Waals surface area contributed by atoms with Gasteiger partial charge in [-0.15, -0.1) is 0 Å². The molecule has 4 nitrogen and oxygen atoms in total. The number of benzene rings is 1. The van der Waals surface area contributed by atoms with E-state index in [0.29, 0.717) is 18.4 Å². The van der Waals surface area contributed by atoms with Crippen molar-refractivity contribution in [2.75, 3.05) is 6.54 Å². The SMILES string of the molecule is NCC1CCC2N=C(Cc3ccc(O)cc3)OC2C1. The number of aliphatic imine (C=N–C) groups is 1. The molecule has 0 bridgehead atoms. The smallest absolute Gasteiger partial charge is 0.188 e. The zero-order chi connectivity index (χ0) is 13.2. The molecule has 0 spiro atoms. The number of phenolic OH excluding ortho intramolecular Hbond substituents is 1. The Bertz CT molecular complexity index is 470. The van der Waals surface area contributed by atoms with Crippen LogP contribution in [0.1, 0.15) is 24.8 Å². The van der Waals surface area contributed by atoms with Gasteiger partial charge in [0.2, 0.25) is 0 Å². The topological polar surface area (TPSA) is 67.8 Å². The lowest BCUT2D eigenvalue weighted by Crippen LogP contribution is -2.34. The lowest BCUT2D eigenvalue weighted by Gasteiger charge is -2.28. The summed E-state index contributed by atoms with van der Waals surface area (Å²) in [5.74, 6) is 1.71. The van der Waals surface area contributed by atoms with Gasteiger partial charge in [0.05, 0.1) is 6.04 Å². The zero-order valence-corrected chi connectivity index (χ0v) is 11.0. The Morgan fingerprint density at radius 3 is 2.79 bits per heavy atom. The molecule has 1 aliphatic carbocycles. The van der Waals surface area contributed by atoms with E-state index in [1.807, 2.05) is 12.1 Å². The van der Waals surface area contributed by atoms with Crippen LogP contribution in [0.15, 0.2) is 29.3 Å². The molecular weight excluding hydrogens is 240 g/mol. The van der Waals surface area contributed by atoms with Gasteiger partial charge in [-0.2, -0.15) is 0 Å². The van der Waals surface area contributed by atoms with E-state index < -0.39 is 0 Å². The average Bonchev–Trinajstić information content (AvgIpc) is 2.82. The molecule has 3 atom stereocenters. The summed E-state index contributed by atoms with van der Waals surface area (Å²) in [7, 11) is 0. The van der Waals surface area contributed by atoms with Gasteiger partial charge in [-0.3, -0.25) is 0 Å². The van der Waals surface area contributed by atoms with Gasteiger partial charge >= 0.3 is 0 Å². The zero-order valence-electron chi connectivity index (χ0n) is 11.0. The number of hydrogen-bond acceptors (Lipinski definition) is 4. The molecule has 1 aromatic rings. The van der Waals surface area contributed by atoms with Crippen molar-refractivity contribution < 1.29 is 9.84 Å². The van der Waals surface area contributed by atoms with Gasteiger partial charge in [0.1, 0.15) is 11.9 Å². The molecule has 0 amide bonds. The highest BCUT2D eigenvalue weighted by Crippen LogP contribution is 2.32. The summed E-state index contributed by atoms with van der Waals surface area (Å²) in [5.41, 5.74) is 6.86. The van der Waals surface area contributed by atoms with E-state index in [1.54, 1.807) is 12.1 Å². The van der Waals surface area contributed by atoms with Gasteiger partial charge in [0.15, 0.2) is 5.90 Å². The van der Waals surface area contributed by atoms with Gasteiger partial charge < -0.3 is 15.6 Å². The summed E-state index contributed by atoms with van der Waals surface area (Å²) in [4.78, 5) is 4.69. The van der Waals surface area contributed by atoms with Crippen molar-refractivity contribution in [1.29, 1.82) is 0 Å². The van der Waals surface area contributed by atoms with Crippen LogP contribution in [0.5, 0.6) is 5.75 Å². The first-order valence-corrected chi connectivity index (χ1v) is 6.96. The predicted molar refractivity (Wildman–Crippen MR) is 74.3 cm³/mol. The van der Waals surface area contributed by atoms with Crippen molar-refractivity contribution in [1.82, 2.24) is 0 Å². The lowest BCUT2D eigenvalue weighted by atomic mass is 9.84. The van der Waals surface area contributed by atoms with Crippen LogP contribution in [0.25, 0.3) is 0 Å². The molecule has 4 heteroatoms. The van der Waals surface area contributed by atoms with E-state index in [2.05, 4.69) is 4.99 Å². The number of nitrogens with zero attached hydrogens (tertiary/aromatic N) is 1. The van der Waals surface area contributed by atoms with Gasteiger partial charge in [-0.1, -0.05) is 12.1 Å². The molecule has 3 unspecified atom stereocenters. The third-order valence-electron chi connectivity index (χ3n) is 4.09. The first-order valence-electron chi connectivity index (χ1n) is 6.96. The van der Waals surface area contributed by atoms with Gasteiger partial charge in [0, 0.05) is 6.42 Å². The number of fused-ring (bicyclic) bond motifs is 1. The number of ether oxygens (including phenoxy) is 1. The standard InChI is InChI=1S/C15H20N2O2/c16-9-11-3-6-13-14(7-11)19-15(17-13)8-10-1-4-12(18)5-2-10/h1-2,4-5,11,13-14,18H,3,6-9,16H2. The van der Waals surface area contributed by atoms with Crippen LogP contribution in [-0.4, -0.2) is 29.7 Å². The summed E-state index contributed by atoms with van der Waals surface area (Å²) in [6.45, 7) is 0.750. The van der Waals surface area contributed by atoms with Crippen LogP contribution >= 0.6 is 0 Å². The van der Waals surface area contributed by atoms with E-state index in [4.69, 9.17) is 10.5 Å². The molecule has 1 heterocycles. The minimum atomic E-state index is 0.231. The number of nitrogens with two attached hydrogens (primary N) is 1. The summed E-state index contributed by atoms with van der Waals surface area (Å²) in [5, 5.41) is 9.27. The fourth-order valence-corrected chi connectivity index (χ4v) is 2.95. The second kappa shape index (κ2) is 5.21. The molecule has 2 aliphatic rings. The Kier molecular flexibility index (Phi) is 3.42. The van der Waals surface area contributed by atoms with Crippen molar-refractivity contribution in [3.8, 4) is 5.75 Å². The maximum absolute atomic E-state index is 9.27. The Morgan fingerprint density at radius 1 is 1.26 bits per heavy atom. The maximum Gasteiger partial charge on any atom is 0.188 e. The quantitative estimate of drug-likeness (QED) is 0.871. The van der Waals surface area contributed by atoms with Crippen LogP contribution in [0.4, 0.5) is 0 Å². The molecule has 3 N–H and O–H groups in total. The molecule has 0 aromatic heterocycles. The van der Waals surface area contributed by atoms with E-state index in [1.165, 1.54) is 0 Å². The van der Waals surface area contributed by atoms with Gasteiger partial charge in [-0.25, -0.2) is 4.99 Å². The van der Waals surface area contributed by atoms with Crippen molar-refractivity contribution in [2.24, 2.45) is 16.6 Å². The van der Waals surface area contributed by atoms with E-state index in [9.17, 15) is 5.11 Å². The first kappa shape index (κ1) is 12.5. The van der Waals surface area contributed by atoms with Crippen molar-refractivity contribution in [3.63, 3.8) is 0 Å². The van der Waals surface area contributed by atoms with Crippen LogP contribution in [-0.2, 0) is 11.2 Å². The molecular formula is C15H20N2O2. The molecule has 1 aliphatic heterocycles. The normalized spacial score (nSPS) is 29.5. The number of rotatable bonds is 3. The maximum atomic E-state index is 9.27. The first-order chi connectivity index (χ1) is 9.24. The highest BCUT2D eigenvalue weighted by atomic mass is 16.5. The van der Waals surface area contributed by atoms with E-state index >= 15 is 0 Å². The van der Waals surface area contributed by atoms with Crippen molar-refractivity contribution >= 4 is 5.90 Å². The van der Waals surface area contributed by atoms with Crippen LogP contribution in [0.2, 0.25) is 0 Å². The largest absolute Gasteiger partial charge is 0.508 e. The Morgan fingerprint density at radius 2 is 2.05 bits per heavy atom. The lowest BCUT2D eigenvalue weighted by molar-refractivity contribution is 0.121. The summed E-state index contributed by atoms with van der Waals surface area (Å²) in [6.07, 6.45) is 4.22. The van der Waals surface area contributed by atoms with Gasteiger partial charge in [-0.05, 0) is 49.4 Å². The molecule has 0 radical (unpaired) electrons. The van der Waals surface area contributed by atoms with Crippen LogP contribution < -0.4 is 5.73 Å². The number of hydrogen-bond donors (Lipinski definition) is 2. The van der Waals surface area contributed by atoms with Crippen LogP contribution in [0.3, 0.4) is 0 Å². The van der Waals surface area contributed by atoms with E-state index in [-0.39, 0.29) is 11.9 Å². The summed E-state index contributed by atoms with van der Waals surface area (Å²) in [6, 6.07) is 7.54. The Hall–Kier alpha value is -1.55. The third kappa shape index (κ3) is 2.73. The van der Waals surface area contributed by atoms with Gasteiger partial charge in [0.25, 0.3) is 0 Å². The molecule has 3 rings (SSSR count). The Balaban J connectivity index is 1.63. The molecule has 19 heavy (non-hydrogen) atoms.